The molecule has 8 heteroatoms. The van der Waals surface area contributed by atoms with Gasteiger partial charge in [0.2, 0.25) is 5.91 Å². The molecule has 0 bridgehead atoms. The summed E-state index contributed by atoms with van der Waals surface area (Å²) in [4.78, 5) is 25.2. The predicted octanol–water partition coefficient (Wildman–Crippen LogP) is 3.73. The van der Waals surface area contributed by atoms with E-state index in [-0.39, 0.29) is 24.9 Å². The zero-order chi connectivity index (χ0) is 21.8. The molecule has 0 saturated heterocycles. The molecule has 0 aliphatic heterocycles. The maximum Gasteiger partial charge on any atom is 0.318 e. The molecule has 1 heterocycles. The van der Waals surface area contributed by atoms with Crippen molar-refractivity contribution in [3.8, 4) is 28.8 Å². The van der Waals surface area contributed by atoms with Crippen molar-refractivity contribution < 1.29 is 15.0 Å². The second kappa shape index (κ2) is 8.99. The van der Waals surface area contributed by atoms with Crippen LogP contribution in [0.25, 0.3) is 22.8 Å². The third-order valence-electron chi connectivity index (χ3n) is 5.73. The van der Waals surface area contributed by atoms with Crippen molar-refractivity contribution in [1.29, 1.82) is 0 Å². The minimum Gasteiger partial charge on any atom is -0.479 e. The fourth-order valence-electron chi connectivity index (χ4n) is 3.93. The summed E-state index contributed by atoms with van der Waals surface area (Å²) in [7, 11) is 0. The van der Waals surface area contributed by atoms with Crippen molar-refractivity contribution in [1.82, 2.24) is 20.3 Å². The van der Waals surface area contributed by atoms with Gasteiger partial charge in [0.15, 0.2) is 11.6 Å². The lowest BCUT2D eigenvalue weighted by atomic mass is 9.86. The molecule has 1 aliphatic rings. The summed E-state index contributed by atoms with van der Waals surface area (Å²) in [6.07, 6.45) is 3.30. The van der Waals surface area contributed by atoms with E-state index in [1.54, 1.807) is 12.1 Å². The first-order chi connectivity index (χ1) is 15.0. The van der Waals surface area contributed by atoms with Crippen molar-refractivity contribution in [3.63, 3.8) is 0 Å². The lowest BCUT2D eigenvalue weighted by Gasteiger charge is -2.25. The number of aromatic nitrogens is 3. The molecule has 1 saturated carbocycles. The highest BCUT2D eigenvalue weighted by Gasteiger charge is 2.40. The summed E-state index contributed by atoms with van der Waals surface area (Å²) in [5.41, 5.74) is 1.40. The fraction of sp³-hybridized carbons (Fsp3) is 0.304. The summed E-state index contributed by atoms with van der Waals surface area (Å²) < 4.78 is 0. The monoisotopic (exact) mass is 438 g/mol. The van der Waals surface area contributed by atoms with Gasteiger partial charge in [-0.3, -0.25) is 4.79 Å². The molecule has 3 aromatic rings. The molecule has 2 aromatic carbocycles. The zero-order valence-corrected chi connectivity index (χ0v) is 17.6. The van der Waals surface area contributed by atoms with Crippen LogP contribution in [0.5, 0.6) is 6.01 Å². The number of halogens is 1. The summed E-state index contributed by atoms with van der Waals surface area (Å²) in [6.45, 7) is 0.143. The molecule has 31 heavy (non-hydrogen) atoms. The minimum absolute atomic E-state index is 0.131. The number of carbonyl (C=O) groups excluding carboxylic acids is 1. The van der Waals surface area contributed by atoms with E-state index in [0.717, 1.165) is 24.0 Å². The van der Waals surface area contributed by atoms with E-state index in [1.807, 2.05) is 36.4 Å². The Morgan fingerprint density at radius 1 is 1.03 bits per heavy atom. The number of carbonyl (C=O) groups is 1. The van der Waals surface area contributed by atoms with Crippen LogP contribution in [0.2, 0.25) is 5.02 Å². The zero-order valence-electron chi connectivity index (χ0n) is 16.9. The van der Waals surface area contributed by atoms with Gasteiger partial charge in [0, 0.05) is 17.7 Å². The predicted molar refractivity (Wildman–Crippen MR) is 117 cm³/mol. The maximum absolute atomic E-state index is 12.7. The molecule has 7 nitrogen and oxygen atoms in total. The summed E-state index contributed by atoms with van der Waals surface area (Å²) in [6, 6.07) is 14.2. The smallest absolute Gasteiger partial charge is 0.318 e. The Hall–Kier alpha value is -3.03. The molecular formula is C23H23ClN4O3. The highest BCUT2D eigenvalue weighted by atomic mass is 35.5. The van der Waals surface area contributed by atoms with Crippen LogP contribution in [0, 0.1) is 5.41 Å². The number of nitrogens with zero attached hydrogens (tertiary/aromatic N) is 3. The van der Waals surface area contributed by atoms with Crippen LogP contribution < -0.4 is 5.32 Å². The van der Waals surface area contributed by atoms with Crippen LogP contribution in [-0.2, 0) is 11.3 Å². The second-order valence-corrected chi connectivity index (χ2v) is 8.20. The first-order valence-electron chi connectivity index (χ1n) is 10.2. The molecule has 1 fully saturated rings. The average Bonchev–Trinajstić information content (AvgIpc) is 3.29. The first-order valence-corrected chi connectivity index (χ1v) is 10.6. The van der Waals surface area contributed by atoms with E-state index < -0.39 is 11.4 Å². The van der Waals surface area contributed by atoms with Crippen LogP contribution >= 0.6 is 11.6 Å². The molecule has 0 spiro atoms. The van der Waals surface area contributed by atoms with E-state index >= 15 is 0 Å². The van der Waals surface area contributed by atoms with Gasteiger partial charge in [0.25, 0.3) is 0 Å². The molecule has 1 amide bonds. The molecule has 1 aliphatic carbocycles. The largest absolute Gasteiger partial charge is 0.479 e. The van der Waals surface area contributed by atoms with Crippen LogP contribution in [0.4, 0.5) is 0 Å². The van der Waals surface area contributed by atoms with E-state index in [2.05, 4.69) is 20.3 Å². The van der Waals surface area contributed by atoms with Crippen LogP contribution in [0.1, 0.15) is 31.2 Å². The third-order valence-corrected chi connectivity index (χ3v) is 6.05. The fourth-order valence-corrected chi connectivity index (χ4v) is 4.14. The summed E-state index contributed by atoms with van der Waals surface area (Å²) in [5.74, 6) is 0.448. The van der Waals surface area contributed by atoms with Crippen LogP contribution in [0.15, 0.2) is 48.5 Å². The SMILES string of the molecule is O=C(NCc1ccc(Cl)c(-c2nc(O)nc(-c3ccccc3)n2)c1)C1(CO)CCCC1. The van der Waals surface area contributed by atoms with Gasteiger partial charge in [-0.2, -0.15) is 9.97 Å². The lowest BCUT2D eigenvalue weighted by molar-refractivity contribution is -0.133. The number of hydrogen-bond acceptors (Lipinski definition) is 6. The number of aromatic hydroxyl groups is 1. The Bertz CT molecular complexity index is 1090. The summed E-state index contributed by atoms with van der Waals surface area (Å²) >= 11 is 6.39. The second-order valence-electron chi connectivity index (χ2n) is 7.79. The van der Waals surface area contributed by atoms with E-state index in [4.69, 9.17) is 11.6 Å². The molecule has 4 rings (SSSR count). The third kappa shape index (κ3) is 4.52. The Balaban J connectivity index is 1.59. The number of rotatable bonds is 6. The van der Waals surface area contributed by atoms with Crippen molar-refractivity contribution >= 4 is 17.5 Å². The minimum atomic E-state index is -0.681. The molecule has 0 radical (unpaired) electrons. The number of aliphatic hydroxyl groups is 1. The van der Waals surface area contributed by atoms with Crippen LogP contribution in [0.3, 0.4) is 0 Å². The Morgan fingerprint density at radius 3 is 2.45 bits per heavy atom. The van der Waals surface area contributed by atoms with Gasteiger partial charge in [-0.15, -0.1) is 0 Å². The number of aliphatic hydroxyl groups excluding tert-OH is 1. The van der Waals surface area contributed by atoms with Gasteiger partial charge >= 0.3 is 6.01 Å². The average molecular weight is 439 g/mol. The van der Waals surface area contributed by atoms with E-state index in [0.29, 0.717) is 29.3 Å². The van der Waals surface area contributed by atoms with Gasteiger partial charge < -0.3 is 15.5 Å². The van der Waals surface area contributed by atoms with Crippen LogP contribution in [-0.4, -0.2) is 37.7 Å². The first kappa shape index (κ1) is 21.2. The number of benzene rings is 2. The lowest BCUT2D eigenvalue weighted by Crippen LogP contribution is -2.41. The highest BCUT2D eigenvalue weighted by molar-refractivity contribution is 6.33. The normalized spacial score (nSPS) is 15.0. The Kier molecular flexibility index (Phi) is 6.15. The number of amides is 1. The Labute approximate surface area is 185 Å². The van der Waals surface area contributed by atoms with Crippen molar-refractivity contribution in [2.24, 2.45) is 5.41 Å². The summed E-state index contributed by atoms with van der Waals surface area (Å²) in [5, 5.41) is 23.1. The molecule has 160 valence electrons. The van der Waals surface area contributed by atoms with Gasteiger partial charge in [-0.25, -0.2) is 4.98 Å². The number of nitrogens with one attached hydrogen (secondary N) is 1. The van der Waals surface area contributed by atoms with Gasteiger partial charge in [0.1, 0.15) is 0 Å². The van der Waals surface area contributed by atoms with Gasteiger partial charge in [-0.05, 0) is 30.5 Å². The van der Waals surface area contributed by atoms with Crippen molar-refractivity contribution in [2.75, 3.05) is 6.61 Å². The van der Waals surface area contributed by atoms with Gasteiger partial charge in [-0.1, -0.05) is 60.8 Å². The molecule has 0 atom stereocenters. The van der Waals surface area contributed by atoms with Crippen molar-refractivity contribution in [3.05, 3.63) is 59.1 Å². The number of hydrogen-bond donors (Lipinski definition) is 3. The molecule has 1 aromatic heterocycles. The Morgan fingerprint density at radius 2 is 1.74 bits per heavy atom. The van der Waals surface area contributed by atoms with Crippen molar-refractivity contribution in [2.45, 2.75) is 32.2 Å². The molecular weight excluding hydrogens is 416 g/mol. The quantitative estimate of drug-likeness (QED) is 0.541. The molecule has 3 N–H and O–H groups in total. The standard InChI is InChI=1S/C23H23ClN4O3/c24-18-9-8-15(13-25-21(30)23(14-29)10-4-5-11-23)12-17(18)20-26-19(27-22(31)28-20)16-6-2-1-3-7-16/h1-3,6-9,12,29H,4-5,10-11,13-14H2,(H,25,30)(H,26,27,28,31). The van der Waals surface area contributed by atoms with E-state index in [9.17, 15) is 15.0 Å². The van der Waals surface area contributed by atoms with E-state index in [1.165, 1.54) is 0 Å². The topological polar surface area (TPSA) is 108 Å². The van der Waals surface area contributed by atoms with Gasteiger partial charge in [0.05, 0.1) is 17.0 Å². The molecule has 0 unspecified atom stereocenters. The maximum atomic E-state index is 12.7. The highest BCUT2D eigenvalue weighted by Crippen LogP contribution is 2.38.